The molecule has 4 rings (SSSR count). The van der Waals surface area contributed by atoms with Crippen LogP contribution in [0.4, 0.5) is 11.6 Å². The molecule has 1 amide bonds. The highest BCUT2D eigenvalue weighted by Gasteiger charge is 2.25. The number of amides is 1. The van der Waals surface area contributed by atoms with Crippen LogP contribution in [0.1, 0.15) is 46.1 Å². The number of aromatic nitrogens is 5. The second kappa shape index (κ2) is 7.06. The number of fused-ring (bicyclic) bond motifs is 1. The van der Waals surface area contributed by atoms with Gasteiger partial charge in [0.2, 0.25) is 5.91 Å². The number of piperidine rings is 1. The maximum Gasteiger partial charge on any atom is 0.264 e. The van der Waals surface area contributed by atoms with Crippen LogP contribution in [-0.4, -0.2) is 37.0 Å². The van der Waals surface area contributed by atoms with Gasteiger partial charge in [0, 0.05) is 43.9 Å². The van der Waals surface area contributed by atoms with Crippen LogP contribution in [-0.2, 0) is 11.8 Å². The molecule has 0 saturated carbocycles. The van der Waals surface area contributed by atoms with E-state index in [1.165, 1.54) is 0 Å². The molecule has 1 aliphatic rings. The molecule has 1 saturated heterocycles. The standard InChI is InChI=1S/C20H27N7O2/c1-11(2)12(3)27-10-13(18-17(20(27)29)19(21)23-22-18)14-9-15(25(4)24-14)26-8-6-5-7-16(26)28/h9-12H,5-8H2,1-4H3,(H3,21,22,23)/t12-/m0/s1. The Morgan fingerprint density at radius 1 is 1.21 bits per heavy atom. The van der Waals surface area contributed by atoms with Gasteiger partial charge in [0.25, 0.3) is 5.56 Å². The molecule has 0 unspecified atom stereocenters. The van der Waals surface area contributed by atoms with Crippen molar-refractivity contribution < 1.29 is 4.79 Å². The second-order valence-electron chi connectivity index (χ2n) is 8.11. The SMILES string of the molecule is CC(C)[C@H](C)n1cc(-c2cc(N3CCCCC3=O)n(C)n2)c2[nH]nc(N)c2c1=O. The van der Waals surface area contributed by atoms with Gasteiger partial charge < -0.3 is 10.3 Å². The van der Waals surface area contributed by atoms with Crippen molar-refractivity contribution in [2.24, 2.45) is 13.0 Å². The molecule has 3 aromatic rings. The normalized spacial score (nSPS) is 16.2. The van der Waals surface area contributed by atoms with E-state index in [-0.39, 0.29) is 29.2 Å². The fourth-order valence-corrected chi connectivity index (χ4v) is 3.87. The molecular formula is C20H27N7O2. The highest BCUT2D eigenvalue weighted by Crippen LogP contribution is 2.32. The van der Waals surface area contributed by atoms with Crippen molar-refractivity contribution in [3.63, 3.8) is 0 Å². The average molecular weight is 397 g/mol. The van der Waals surface area contributed by atoms with Gasteiger partial charge in [-0.2, -0.15) is 10.2 Å². The summed E-state index contributed by atoms with van der Waals surface area (Å²) in [7, 11) is 1.83. The molecule has 9 nitrogen and oxygen atoms in total. The molecule has 0 spiro atoms. The van der Waals surface area contributed by atoms with Gasteiger partial charge in [0.05, 0.1) is 11.2 Å². The Balaban J connectivity index is 1.90. The van der Waals surface area contributed by atoms with Crippen molar-refractivity contribution in [2.75, 3.05) is 17.2 Å². The minimum atomic E-state index is -0.168. The lowest BCUT2D eigenvalue weighted by atomic mass is 10.0. The molecule has 9 heteroatoms. The van der Waals surface area contributed by atoms with Gasteiger partial charge in [-0.3, -0.25) is 24.3 Å². The zero-order valence-electron chi connectivity index (χ0n) is 17.3. The molecule has 154 valence electrons. The van der Waals surface area contributed by atoms with Crippen molar-refractivity contribution in [3.8, 4) is 11.3 Å². The van der Waals surface area contributed by atoms with Gasteiger partial charge >= 0.3 is 0 Å². The number of anilines is 2. The number of carbonyl (C=O) groups excluding carboxylic acids is 1. The van der Waals surface area contributed by atoms with Crippen LogP contribution >= 0.6 is 0 Å². The minimum absolute atomic E-state index is 0.0215. The molecule has 1 fully saturated rings. The number of aromatic amines is 1. The first kappa shape index (κ1) is 19.2. The Labute approximate surface area is 168 Å². The summed E-state index contributed by atoms with van der Waals surface area (Å²) in [5, 5.41) is 12.0. The van der Waals surface area contributed by atoms with Gasteiger partial charge in [-0.1, -0.05) is 13.8 Å². The molecule has 0 aliphatic carbocycles. The minimum Gasteiger partial charge on any atom is -0.382 e. The third kappa shape index (κ3) is 3.10. The van der Waals surface area contributed by atoms with Crippen LogP contribution in [0.2, 0.25) is 0 Å². The molecular weight excluding hydrogens is 370 g/mol. The molecule has 0 radical (unpaired) electrons. The van der Waals surface area contributed by atoms with E-state index in [9.17, 15) is 9.59 Å². The number of rotatable bonds is 4. The van der Waals surface area contributed by atoms with Crippen molar-refractivity contribution in [1.29, 1.82) is 0 Å². The zero-order valence-corrected chi connectivity index (χ0v) is 17.3. The summed E-state index contributed by atoms with van der Waals surface area (Å²) in [5.74, 6) is 1.30. The van der Waals surface area contributed by atoms with Gasteiger partial charge in [-0.25, -0.2) is 0 Å². The van der Waals surface area contributed by atoms with Crippen molar-refractivity contribution in [1.82, 2.24) is 24.5 Å². The molecule has 3 aromatic heterocycles. The first-order chi connectivity index (χ1) is 13.8. The van der Waals surface area contributed by atoms with Crippen molar-refractivity contribution in [3.05, 3.63) is 22.6 Å². The topological polar surface area (TPSA) is 115 Å². The number of pyridine rings is 1. The average Bonchev–Trinajstić information content (AvgIpc) is 3.25. The largest absolute Gasteiger partial charge is 0.382 e. The van der Waals surface area contributed by atoms with Crippen LogP contribution in [0.15, 0.2) is 17.1 Å². The van der Waals surface area contributed by atoms with E-state index in [1.54, 1.807) is 14.1 Å². The highest BCUT2D eigenvalue weighted by molar-refractivity contribution is 5.98. The summed E-state index contributed by atoms with van der Waals surface area (Å²) in [6, 6.07) is 1.87. The van der Waals surface area contributed by atoms with Crippen LogP contribution in [0.5, 0.6) is 0 Å². The Hall–Kier alpha value is -3.10. The van der Waals surface area contributed by atoms with E-state index in [0.29, 0.717) is 29.6 Å². The van der Waals surface area contributed by atoms with Crippen LogP contribution in [0.3, 0.4) is 0 Å². The molecule has 29 heavy (non-hydrogen) atoms. The van der Waals surface area contributed by atoms with Crippen LogP contribution < -0.4 is 16.2 Å². The number of H-pyrrole nitrogens is 1. The molecule has 1 atom stereocenters. The predicted octanol–water partition coefficient (Wildman–Crippen LogP) is 2.44. The van der Waals surface area contributed by atoms with Crippen LogP contribution in [0.25, 0.3) is 22.2 Å². The number of nitrogen functional groups attached to an aromatic ring is 1. The van der Waals surface area contributed by atoms with Crippen molar-refractivity contribution in [2.45, 2.75) is 46.1 Å². The van der Waals surface area contributed by atoms with Crippen molar-refractivity contribution >= 4 is 28.4 Å². The lowest BCUT2D eigenvalue weighted by molar-refractivity contribution is -0.119. The van der Waals surface area contributed by atoms with Crippen LogP contribution in [0, 0.1) is 5.92 Å². The second-order valence-corrected chi connectivity index (χ2v) is 8.11. The Bertz CT molecular complexity index is 1140. The third-order valence-electron chi connectivity index (χ3n) is 5.91. The smallest absolute Gasteiger partial charge is 0.264 e. The Morgan fingerprint density at radius 2 is 1.97 bits per heavy atom. The lowest BCUT2D eigenvalue weighted by Crippen LogP contribution is -2.36. The first-order valence-electron chi connectivity index (χ1n) is 10.0. The first-order valence-corrected chi connectivity index (χ1v) is 10.0. The summed E-state index contributed by atoms with van der Waals surface area (Å²) in [5.41, 5.74) is 7.81. The summed E-state index contributed by atoms with van der Waals surface area (Å²) in [6.07, 6.45) is 4.27. The number of hydrogen-bond donors (Lipinski definition) is 2. The number of nitrogens with zero attached hydrogens (tertiary/aromatic N) is 5. The highest BCUT2D eigenvalue weighted by atomic mass is 16.2. The van der Waals surface area contributed by atoms with E-state index in [1.807, 2.05) is 26.2 Å². The summed E-state index contributed by atoms with van der Waals surface area (Å²) < 4.78 is 3.42. The number of hydrogen-bond acceptors (Lipinski definition) is 5. The predicted molar refractivity (Wildman–Crippen MR) is 113 cm³/mol. The number of carbonyl (C=O) groups is 1. The Kier molecular flexibility index (Phi) is 4.68. The Morgan fingerprint density at radius 3 is 2.66 bits per heavy atom. The molecule has 1 aliphatic heterocycles. The molecule has 3 N–H and O–H groups in total. The van der Waals surface area contributed by atoms with E-state index in [4.69, 9.17) is 5.73 Å². The van der Waals surface area contributed by atoms with E-state index in [2.05, 4.69) is 29.1 Å². The fraction of sp³-hybridized carbons (Fsp3) is 0.500. The summed E-state index contributed by atoms with van der Waals surface area (Å²) in [4.78, 5) is 27.2. The summed E-state index contributed by atoms with van der Waals surface area (Å²) >= 11 is 0. The van der Waals surface area contributed by atoms with E-state index >= 15 is 0 Å². The number of nitrogens with one attached hydrogen (secondary N) is 1. The molecule has 4 heterocycles. The van der Waals surface area contributed by atoms with Gasteiger partial charge in [-0.05, 0) is 25.7 Å². The lowest BCUT2D eigenvalue weighted by Gasteiger charge is -2.26. The fourth-order valence-electron chi connectivity index (χ4n) is 3.87. The van der Waals surface area contributed by atoms with Gasteiger partial charge in [0.1, 0.15) is 11.2 Å². The maximum absolute atomic E-state index is 13.0. The number of aryl methyl sites for hydroxylation is 1. The van der Waals surface area contributed by atoms with Gasteiger partial charge in [0.15, 0.2) is 5.82 Å². The molecule has 0 aromatic carbocycles. The maximum atomic E-state index is 13.0. The zero-order chi connectivity index (χ0) is 20.9. The molecule has 0 bridgehead atoms. The van der Waals surface area contributed by atoms with E-state index < -0.39 is 0 Å². The summed E-state index contributed by atoms with van der Waals surface area (Å²) in [6.45, 7) is 6.84. The monoisotopic (exact) mass is 397 g/mol. The van der Waals surface area contributed by atoms with Gasteiger partial charge in [-0.15, -0.1) is 0 Å². The number of nitrogens with two attached hydrogens (primary N) is 1. The van der Waals surface area contributed by atoms with E-state index in [0.717, 1.165) is 24.2 Å². The third-order valence-corrected chi connectivity index (χ3v) is 5.91. The quantitative estimate of drug-likeness (QED) is 0.702.